The molecule has 1 aromatic heterocycles. The lowest BCUT2D eigenvalue weighted by molar-refractivity contribution is -0.123. The highest BCUT2D eigenvalue weighted by molar-refractivity contribution is 6.05. The van der Waals surface area contributed by atoms with Crippen molar-refractivity contribution in [1.29, 1.82) is 0 Å². The van der Waals surface area contributed by atoms with Gasteiger partial charge in [0.1, 0.15) is 0 Å². The van der Waals surface area contributed by atoms with E-state index < -0.39 is 5.97 Å². The Morgan fingerprint density at radius 3 is 2.69 bits per heavy atom. The predicted molar refractivity (Wildman–Crippen MR) is 101 cm³/mol. The fourth-order valence-corrected chi connectivity index (χ4v) is 3.64. The first-order valence-electron chi connectivity index (χ1n) is 9.09. The van der Waals surface area contributed by atoms with E-state index in [1.807, 2.05) is 24.3 Å². The van der Waals surface area contributed by atoms with E-state index in [9.17, 15) is 9.59 Å². The average Bonchev–Trinajstić information content (AvgIpc) is 2.62. The van der Waals surface area contributed by atoms with Crippen molar-refractivity contribution < 1.29 is 14.3 Å². The Morgan fingerprint density at radius 2 is 2.00 bits per heavy atom. The first-order chi connectivity index (χ1) is 12.3. The summed E-state index contributed by atoms with van der Waals surface area (Å²) in [4.78, 5) is 29.2. The van der Waals surface area contributed by atoms with Crippen LogP contribution in [0.4, 0.5) is 0 Å². The number of ether oxygens (including phenoxy) is 1. The average molecular weight is 354 g/mol. The first-order valence-corrected chi connectivity index (χ1v) is 9.09. The van der Waals surface area contributed by atoms with Crippen LogP contribution in [0.3, 0.4) is 0 Å². The van der Waals surface area contributed by atoms with Crippen LogP contribution in [-0.4, -0.2) is 30.5 Å². The second-order valence-corrected chi connectivity index (χ2v) is 7.98. The fraction of sp³-hybridized carbons (Fsp3) is 0.476. The van der Waals surface area contributed by atoms with Gasteiger partial charge in [-0.25, -0.2) is 4.79 Å². The van der Waals surface area contributed by atoms with E-state index >= 15 is 0 Å². The second kappa shape index (κ2) is 7.06. The molecule has 0 bridgehead atoms. The fourth-order valence-electron chi connectivity index (χ4n) is 3.64. The molecule has 1 aliphatic rings. The summed E-state index contributed by atoms with van der Waals surface area (Å²) in [5.41, 5.74) is 3.50. The Labute approximate surface area is 154 Å². The van der Waals surface area contributed by atoms with Crippen LogP contribution in [0.2, 0.25) is 0 Å². The zero-order valence-electron chi connectivity index (χ0n) is 15.9. The molecule has 2 aromatic rings. The number of nitrogens with one attached hydrogen (secondary N) is 1. The van der Waals surface area contributed by atoms with Gasteiger partial charge in [0.25, 0.3) is 5.91 Å². The van der Waals surface area contributed by atoms with Crippen LogP contribution in [0.5, 0.6) is 0 Å². The highest BCUT2D eigenvalue weighted by atomic mass is 16.5. The van der Waals surface area contributed by atoms with Gasteiger partial charge in [-0.1, -0.05) is 39.0 Å². The number of pyridine rings is 1. The third-order valence-electron chi connectivity index (χ3n) is 5.30. The van der Waals surface area contributed by atoms with E-state index in [0.717, 1.165) is 41.4 Å². The summed E-state index contributed by atoms with van der Waals surface area (Å²) in [7, 11) is 1.52. The monoisotopic (exact) mass is 354 g/mol. The number of fused-ring (bicyclic) bond motifs is 2. The van der Waals surface area contributed by atoms with E-state index in [-0.39, 0.29) is 17.9 Å². The largest absolute Gasteiger partial charge is 0.452 e. The summed E-state index contributed by atoms with van der Waals surface area (Å²) in [6.45, 7) is 6.44. The zero-order chi connectivity index (χ0) is 18.9. The molecule has 0 aliphatic heterocycles. The van der Waals surface area contributed by atoms with Gasteiger partial charge < -0.3 is 10.1 Å². The van der Waals surface area contributed by atoms with Gasteiger partial charge in [-0.2, -0.15) is 0 Å². The van der Waals surface area contributed by atoms with Gasteiger partial charge in [-0.15, -0.1) is 0 Å². The number of aromatic nitrogens is 1. The van der Waals surface area contributed by atoms with Gasteiger partial charge in [0.05, 0.1) is 11.1 Å². The number of hydrogen-bond acceptors (Lipinski definition) is 4. The van der Waals surface area contributed by atoms with Crippen LogP contribution in [-0.2, 0) is 22.4 Å². The molecule has 138 valence electrons. The number of esters is 1. The number of amides is 1. The Balaban J connectivity index is 2.07. The molecule has 5 nitrogen and oxygen atoms in total. The molecular formula is C21H26N2O3. The van der Waals surface area contributed by atoms with E-state index in [0.29, 0.717) is 11.5 Å². The number of hydrogen-bond donors (Lipinski definition) is 1. The number of likely N-dealkylation sites (N-methyl/N-ethyl adjacent to an activating group) is 1. The third kappa shape index (κ3) is 3.57. The molecule has 1 aliphatic carbocycles. The molecule has 5 heteroatoms. The summed E-state index contributed by atoms with van der Waals surface area (Å²) >= 11 is 0. The third-order valence-corrected chi connectivity index (χ3v) is 5.30. The van der Waals surface area contributed by atoms with Gasteiger partial charge in [-0.05, 0) is 42.2 Å². The topological polar surface area (TPSA) is 68.3 Å². The predicted octanol–water partition coefficient (Wildman–Crippen LogP) is 3.29. The molecule has 0 radical (unpaired) electrons. The standard InChI is InChI=1S/C21H26N2O3/c1-21(2,3)13-9-10-17-15(11-13)19(20(25)26-12-18(24)22-4)14-7-5-6-8-16(14)23-17/h5-8,13H,9-12H2,1-4H3,(H,22,24)/t13-/m1/s1. The first kappa shape index (κ1) is 18.4. The van der Waals surface area contributed by atoms with Gasteiger partial charge >= 0.3 is 5.97 Å². The Morgan fingerprint density at radius 1 is 1.27 bits per heavy atom. The molecule has 0 spiro atoms. The van der Waals surface area contributed by atoms with Crippen molar-refractivity contribution in [3.63, 3.8) is 0 Å². The Hall–Kier alpha value is -2.43. The van der Waals surface area contributed by atoms with Crippen molar-refractivity contribution in [1.82, 2.24) is 10.3 Å². The minimum absolute atomic E-state index is 0.159. The molecule has 0 unspecified atom stereocenters. The van der Waals surface area contributed by atoms with Gasteiger partial charge in [-0.3, -0.25) is 9.78 Å². The van der Waals surface area contributed by atoms with Crippen molar-refractivity contribution in [2.75, 3.05) is 13.7 Å². The minimum atomic E-state index is -0.446. The quantitative estimate of drug-likeness (QED) is 0.859. The molecule has 1 amide bonds. The van der Waals surface area contributed by atoms with Crippen LogP contribution in [0.15, 0.2) is 24.3 Å². The normalized spacial score (nSPS) is 16.8. The molecule has 0 saturated carbocycles. The van der Waals surface area contributed by atoms with Crippen molar-refractivity contribution in [3.05, 3.63) is 41.1 Å². The number of carbonyl (C=O) groups is 2. The Kier molecular flexibility index (Phi) is 4.99. The van der Waals surface area contributed by atoms with Crippen LogP contribution in [0.25, 0.3) is 10.9 Å². The maximum absolute atomic E-state index is 12.9. The van der Waals surface area contributed by atoms with Crippen molar-refractivity contribution >= 4 is 22.8 Å². The lowest BCUT2D eigenvalue weighted by Crippen LogP contribution is -2.30. The van der Waals surface area contributed by atoms with Crippen molar-refractivity contribution in [3.8, 4) is 0 Å². The summed E-state index contributed by atoms with van der Waals surface area (Å²) in [6, 6.07) is 7.64. The molecule has 3 rings (SSSR count). The lowest BCUT2D eigenvalue weighted by Gasteiger charge is -2.35. The molecule has 0 fully saturated rings. The van der Waals surface area contributed by atoms with Crippen LogP contribution >= 0.6 is 0 Å². The summed E-state index contributed by atoms with van der Waals surface area (Å²) in [5.74, 6) is -0.292. The molecule has 0 saturated heterocycles. The minimum Gasteiger partial charge on any atom is -0.452 e. The molecular weight excluding hydrogens is 328 g/mol. The van der Waals surface area contributed by atoms with Gasteiger partial charge in [0, 0.05) is 18.1 Å². The molecule has 1 heterocycles. The van der Waals surface area contributed by atoms with E-state index in [1.54, 1.807) is 0 Å². The maximum atomic E-state index is 12.9. The van der Waals surface area contributed by atoms with Gasteiger partial charge in [0.2, 0.25) is 0 Å². The maximum Gasteiger partial charge on any atom is 0.339 e. The summed E-state index contributed by atoms with van der Waals surface area (Å²) in [5, 5.41) is 3.26. The lowest BCUT2D eigenvalue weighted by atomic mass is 9.70. The highest BCUT2D eigenvalue weighted by Gasteiger charge is 2.33. The molecule has 1 aromatic carbocycles. The van der Waals surface area contributed by atoms with Crippen molar-refractivity contribution in [2.45, 2.75) is 40.0 Å². The smallest absolute Gasteiger partial charge is 0.339 e. The van der Waals surface area contributed by atoms with Crippen LogP contribution in [0, 0.1) is 11.3 Å². The SMILES string of the molecule is CNC(=O)COC(=O)c1c2c(nc3ccccc13)CC[C@@H](C(C)(C)C)C2. The number of aryl methyl sites for hydroxylation is 1. The second-order valence-electron chi connectivity index (χ2n) is 7.98. The number of benzene rings is 1. The summed E-state index contributed by atoms with van der Waals surface area (Å²) < 4.78 is 5.30. The van der Waals surface area contributed by atoms with Crippen LogP contribution in [0.1, 0.15) is 48.8 Å². The van der Waals surface area contributed by atoms with Gasteiger partial charge in [0.15, 0.2) is 6.61 Å². The number of para-hydroxylation sites is 1. The van der Waals surface area contributed by atoms with E-state index in [1.165, 1.54) is 7.05 Å². The van der Waals surface area contributed by atoms with Crippen LogP contribution < -0.4 is 5.32 Å². The van der Waals surface area contributed by atoms with E-state index in [2.05, 4.69) is 26.1 Å². The highest BCUT2D eigenvalue weighted by Crippen LogP contribution is 2.39. The zero-order valence-corrected chi connectivity index (χ0v) is 15.9. The van der Waals surface area contributed by atoms with E-state index in [4.69, 9.17) is 9.72 Å². The number of nitrogens with zero attached hydrogens (tertiary/aromatic N) is 1. The molecule has 26 heavy (non-hydrogen) atoms. The molecule has 1 N–H and O–H groups in total. The number of carbonyl (C=O) groups excluding carboxylic acids is 2. The summed E-state index contributed by atoms with van der Waals surface area (Å²) in [6.07, 6.45) is 2.73. The molecule has 1 atom stereocenters. The van der Waals surface area contributed by atoms with Crippen molar-refractivity contribution in [2.24, 2.45) is 11.3 Å². The Bertz CT molecular complexity index is 852. The number of rotatable bonds is 3.